The molecule has 0 radical (unpaired) electrons. The van der Waals surface area contributed by atoms with Crippen molar-refractivity contribution in [3.63, 3.8) is 0 Å². The largest absolute Gasteiger partial charge is 0.370 e. The van der Waals surface area contributed by atoms with Crippen molar-refractivity contribution in [3.8, 4) is 0 Å². The Morgan fingerprint density at radius 1 is 1.38 bits per heavy atom. The van der Waals surface area contributed by atoms with Crippen LogP contribution >= 0.6 is 0 Å². The van der Waals surface area contributed by atoms with Crippen LogP contribution in [0.4, 0.5) is 0 Å². The first-order valence-electron chi connectivity index (χ1n) is 5.10. The lowest BCUT2D eigenvalue weighted by Crippen LogP contribution is -2.30. The standard InChI is InChI=1S/C12H24O/c1-8-11(9(2)3)13-10(4)12(5,6)7/h10-11H,2,8H2,1,3-7H3. The predicted octanol–water partition coefficient (Wildman–Crippen LogP) is 3.79. The highest BCUT2D eigenvalue weighted by Gasteiger charge is 2.23. The Morgan fingerprint density at radius 2 is 1.85 bits per heavy atom. The molecule has 0 saturated heterocycles. The predicted molar refractivity (Wildman–Crippen MR) is 58.9 cm³/mol. The molecule has 1 nitrogen and oxygen atoms in total. The Morgan fingerprint density at radius 3 is 2.08 bits per heavy atom. The zero-order valence-corrected chi connectivity index (χ0v) is 9.98. The second-order valence-corrected chi connectivity index (χ2v) is 4.89. The van der Waals surface area contributed by atoms with Gasteiger partial charge >= 0.3 is 0 Å². The summed E-state index contributed by atoms with van der Waals surface area (Å²) in [5.41, 5.74) is 1.33. The third-order valence-electron chi connectivity index (χ3n) is 2.51. The fraction of sp³-hybridized carbons (Fsp3) is 0.833. The Bertz CT molecular complexity index is 164. The Balaban J connectivity index is 4.17. The van der Waals surface area contributed by atoms with Gasteiger partial charge in [0.1, 0.15) is 0 Å². The highest BCUT2D eigenvalue weighted by molar-refractivity contribution is 4.97. The van der Waals surface area contributed by atoms with E-state index in [9.17, 15) is 0 Å². The van der Waals surface area contributed by atoms with Crippen LogP contribution in [0.2, 0.25) is 0 Å². The van der Waals surface area contributed by atoms with Gasteiger partial charge < -0.3 is 4.74 Å². The maximum Gasteiger partial charge on any atom is 0.0781 e. The first-order valence-corrected chi connectivity index (χ1v) is 5.10. The van der Waals surface area contributed by atoms with E-state index >= 15 is 0 Å². The molecule has 0 aromatic rings. The Hall–Kier alpha value is -0.300. The van der Waals surface area contributed by atoms with Crippen LogP contribution in [-0.4, -0.2) is 12.2 Å². The van der Waals surface area contributed by atoms with E-state index in [0.29, 0.717) is 0 Å². The molecule has 78 valence electrons. The zero-order chi connectivity index (χ0) is 10.6. The van der Waals surface area contributed by atoms with Crippen LogP contribution in [0.15, 0.2) is 12.2 Å². The molecule has 0 aromatic carbocycles. The van der Waals surface area contributed by atoms with Gasteiger partial charge in [-0.3, -0.25) is 0 Å². The summed E-state index contributed by atoms with van der Waals surface area (Å²) in [4.78, 5) is 0. The van der Waals surface area contributed by atoms with Gasteiger partial charge in [-0.05, 0) is 25.7 Å². The van der Waals surface area contributed by atoms with Gasteiger partial charge in [-0.1, -0.05) is 39.8 Å². The van der Waals surface area contributed by atoms with Crippen LogP contribution in [-0.2, 0) is 4.74 Å². The molecule has 0 N–H and O–H groups in total. The van der Waals surface area contributed by atoms with E-state index in [0.717, 1.165) is 12.0 Å². The van der Waals surface area contributed by atoms with Gasteiger partial charge in [-0.2, -0.15) is 0 Å². The molecular weight excluding hydrogens is 160 g/mol. The molecule has 0 fully saturated rings. The quantitative estimate of drug-likeness (QED) is 0.604. The fourth-order valence-electron chi connectivity index (χ4n) is 1.01. The summed E-state index contributed by atoms with van der Waals surface area (Å²) in [6.07, 6.45) is 1.50. The molecule has 0 heterocycles. The topological polar surface area (TPSA) is 9.23 Å². The van der Waals surface area contributed by atoms with Gasteiger partial charge in [-0.25, -0.2) is 0 Å². The minimum Gasteiger partial charge on any atom is -0.370 e. The summed E-state index contributed by atoms with van der Waals surface area (Å²) in [6, 6.07) is 0. The molecule has 0 aliphatic carbocycles. The van der Waals surface area contributed by atoms with Crippen molar-refractivity contribution in [2.24, 2.45) is 5.41 Å². The number of hydrogen-bond donors (Lipinski definition) is 0. The lowest BCUT2D eigenvalue weighted by atomic mass is 9.90. The molecule has 2 atom stereocenters. The molecule has 13 heavy (non-hydrogen) atoms. The first-order chi connectivity index (χ1) is 5.79. The van der Waals surface area contributed by atoms with Crippen LogP contribution in [0.5, 0.6) is 0 Å². The van der Waals surface area contributed by atoms with Crippen molar-refractivity contribution in [2.75, 3.05) is 0 Å². The van der Waals surface area contributed by atoms with Gasteiger partial charge in [-0.15, -0.1) is 0 Å². The van der Waals surface area contributed by atoms with Crippen molar-refractivity contribution in [1.29, 1.82) is 0 Å². The van der Waals surface area contributed by atoms with Gasteiger partial charge in [0.05, 0.1) is 12.2 Å². The van der Waals surface area contributed by atoms with Crippen LogP contribution < -0.4 is 0 Å². The smallest absolute Gasteiger partial charge is 0.0781 e. The maximum atomic E-state index is 5.93. The van der Waals surface area contributed by atoms with Crippen molar-refractivity contribution in [3.05, 3.63) is 12.2 Å². The van der Waals surface area contributed by atoms with Crippen molar-refractivity contribution < 1.29 is 4.74 Å². The molecule has 0 rings (SSSR count). The van der Waals surface area contributed by atoms with Crippen molar-refractivity contribution in [1.82, 2.24) is 0 Å². The highest BCUT2D eigenvalue weighted by Crippen LogP contribution is 2.24. The van der Waals surface area contributed by atoms with Gasteiger partial charge in [0, 0.05) is 0 Å². The first kappa shape index (κ1) is 12.7. The van der Waals surface area contributed by atoms with Gasteiger partial charge in [0.2, 0.25) is 0 Å². The Labute approximate surface area is 83.2 Å². The summed E-state index contributed by atoms with van der Waals surface area (Å²) in [6.45, 7) is 16.8. The van der Waals surface area contributed by atoms with Crippen LogP contribution in [0.25, 0.3) is 0 Å². The van der Waals surface area contributed by atoms with E-state index in [2.05, 4.69) is 41.2 Å². The number of ether oxygens (including phenoxy) is 1. The SMILES string of the molecule is C=C(C)C(CC)OC(C)C(C)(C)C. The minimum atomic E-state index is 0.211. The molecule has 0 aromatic heterocycles. The van der Waals surface area contributed by atoms with E-state index in [1.807, 2.05) is 6.92 Å². The summed E-state index contributed by atoms with van der Waals surface area (Å²) < 4.78 is 5.93. The van der Waals surface area contributed by atoms with E-state index in [1.165, 1.54) is 0 Å². The van der Waals surface area contributed by atoms with Crippen LogP contribution in [0.1, 0.15) is 48.0 Å². The molecular formula is C12H24O. The number of rotatable bonds is 4. The lowest BCUT2D eigenvalue weighted by Gasteiger charge is -2.31. The highest BCUT2D eigenvalue weighted by atomic mass is 16.5. The van der Waals surface area contributed by atoms with E-state index in [-0.39, 0.29) is 17.6 Å². The summed E-state index contributed by atoms with van der Waals surface area (Å²) in [5.74, 6) is 0. The molecule has 0 aliphatic heterocycles. The van der Waals surface area contributed by atoms with Crippen molar-refractivity contribution >= 4 is 0 Å². The van der Waals surface area contributed by atoms with Crippen molar-refractivity contribution in [2.45, 2.75) is 60.2 Å². The molecule has 0 aliphatic rings. The molecule has 0 amide bonds. The Kier molecular flexibility index (Phi) is 4.69. The fourth-order valence-corrected chi connectivity index (χ4v) is 1.01. The van der Waals surface area contributed by atoms with Gasteiger partial charge in [0.25, 0.3) is 0 Å². The lowest BCUT2D eigenvalue weighted by molar-refractivity contribution is -0.0412. The zero-order valence-electron chi connectivity index (χ0n) is 9.98. The average molecular weight is 184 g/mol. The minimum absolute atomic E-state index is 0.211. The molecule has 2 unspecified atom stereocenters. The van der Waals surface area contributed by atoms with E-state index in [1.54, 1.807) is 0 Å². The van der Waals surface area contributed by atoms with E-state index in [4.69, 9.17) is 4.74 Å². The molecule has 1 heteroatoms. The summed E-state index contributed by atoms with van der Waals surface area (Å²) in [7, 11) is 0. The summed E-state index contributed by atoms with van der Waals surface area (Å²) in [5, 5.41) is 0. The third-order valence-corrected chi connectivity index (χ3v) is 2.51. The van der Waals surface area contributed by atoms with Crippen LogP contribution in [0, 0.1) is 5.41 Å². The molecule has 0 bridgehead atoms. The second kappa shape index (κ2) is 4.80. The van der Waals surface area contributed by atoms with E-state index < -0.39 is 0 Å². The monoisotopic (exact) mass is 184 g/mol. The molecule has 0 saturated carbocycles. The normalized spacial score (nSPS) is 16.8. The summed E-state index contributed by atoms with van der Waals surface area (Å²) >= 11 is 0. The maximum absolute atomic E-state index is 5.93. The number of hydrogen-bond acceptors (Lipinski definition) is 1. The third kappa shape index (κ3) is 4.47. The van der Waals surface area contributed by atoms with Crippen LogP contribution in [0.3, 0.4) is 0 Å². The van der Waals surface area contributed by atoms with Gasteiger partial charge in [0.15, 0.2) is 0 Å². The average Bonchev–Trinajstić information content (AvgIpc) is 1.96. The molecule has 0 spiro atoms. The second-order valence-electron chi connectivity index (χ2n) is 4.89.